The average molecular weight is 323 g/mol. The lowest BCUT2D eigenvalue weighted by molar-refractivity contribution is -0.137. The molecule has 0 saturated heterocycles. The molecule has 1 aliphatic heterocycles. The van der Waals surface area contributed by atoms with E-state index in [2.05, 4.69) is 10.4 Å². The lowest BCUT2D eigenvalue weighted by Crippen LogP contribution is -2.24. The number of alkyl halides is 3. The summed E-state index contributed by atoms with van der Waals surface area (Å²) in [6, 6.07) is 5.35. The molecule has 1 aromatic carbocycles. The van der Waals surface area contributed by atoms with E-state index in [0.29, 0.717) is 24.3 Å². The van der Waals surface area contributed by atoms with Gasteiger partial charge in [-0.1, -0.05) is 18.2 Å². The zero-order valence-corrected chi connectivity index (χ0v) is 12.2. The van der Waals surface area contributed by atoms with Gasteiger partial charge in [0.25, 0.3) is 0 Å². The van der Waals surface area contributed by atoms with Gasteiger partial charge in [0.05, 0.1) is 11.3 Å². The highest BCUT2D eigenvalue weighted by molar-refractivity contribution is 5.84. The van der Waals surface area contributed by atoms with Crippen LogP contribution in [0.1, 0.15) is 24.0 Å². The Morgan fingerprint density at radius 1 is 1.26 bits per heavy atom. The maximum absolute atomic E-state index is 13.3. The van der Waals surface area contributed by atoms with Gasteiger partial charge in [-0.15, -0.1) is 0 Å². The molecule has 122 valence electrons. The predicted octanol–water partition coefficient (Wildman–Crippen LogP) is 3.06. The predicted molar refractivity (Wildman–Crippen MR) is 81.4 cm³/mol. The fourth-order valence-electron chi connectivity index (χ4n) is 2.83. The van der Waals surface area contributed by atoms with Crippen LogP contribution in [0.3, 0.4) is 0 Å². The first-order valence-corrected chi connectivity index (χ1v) is 7.26. The van der Waals surface area contributed by atoms with E-state index < -0.39 is 11.7 Å². The van der Waals surface area contributed by atoms with Crippen molar-refractivity contribution >= 4 is 11.8 Å². The Hall–Kier alpha value is -2.51. The number of fused-ring (bicyclic) bond motifs is 1. The molecule has 2 heterocycles. The van der Waals surface area contributed by atoms with Crippen LogP contribution in [0.15, 0.2) is 24.3 Å². The van der Waals surface area contributed by atoms with E-state index in [4.69, 9.17) is 11.1 Å². The Morgan fingerprint density at radius 3 is 2.70 bits per heavy atom. The van der Waals surface area contributed by atoms with Gasteiger partial charge in [0.1, 0.15) is 5.82 Å². The fourth-order valence-corrected chi connectivity index (χ4v) is 2.83. The van der Waals surface area contributed by atoms with Crippen LogP contribution in [0.5, 0.6) is 0 Å². The number of rotatable bonds is 1. The molecule has 23 heavy (non-hydrogen) atoms. The van der Waals surface area contributed by atoms with Crippen LogP contribution in [0, 0.1) is 5.41 Å². The maximum atomic E-state index is 13.3. The summed E-state index contributed by atoms with van der Waals surface area (Å²) < 4.78 is 41.1. The highest BCUT2D eigenvalue weighted by atomic mass is 19.4. The number of nitrogens with zero attached hydrogens (tertiary/aromatic N) is 2. The molecule has 2 aromatic rings. The van der Waals surface area contributed by atoms with Crippen LogP contribution in [0.4, 0.5) is 19.0 Å². The monoisotopic (exact) mass is 323 g/mol. The molecule has 0 amide bonds. The summed E-state index contributed by atoms with van der Waals surface area (Å²) in [4.78, 5) is 0. The molecule has 0 atom stereocenters. The molecule has 0 saturated carbocycles. The number of benzene rings is 1. The summed E-state index contributed by atoms with van der Waals surface area (Å²) in [5.74, 6) is 0.188. The largest absolute Gasteiger partial charge is 0.417 e. The van der Waals surface area contributed by atoms with Crippen LogP contribution in [-0.2, 0) is 12.6 Å². The van der Waals surface area contributed by atoms with Gasteiger partial charge in [-0.2, -0.15) is 23.0 Å². The molecule has 0 bridgehead atoms. The zero-order valence-electron chi connectivity index (χ0n) is 12.2. The van der Waals surface area contributed by atoms with E-state index in [1.807, 2.05) is 0 Å². The summed E-state index contributed by atoms with van der Waals surface area (Å²) >= 11 is 0. The molecule has 1 aromatic heterocycles. The summed E-state index contributed by atoms with van der Waals surface area (Å²) in [5, 5.41) is 14.9. The van der Waals surface area contributed by atoms with Crippen molar-refractivity contribution < 1.29 is 13.2 Å². The first-order valence-electron chi connectivity index (χ1n) is 7.26. The molecule has 4 N–H and O–H groups in total. The highest BCUT2D eigenvalue weighted by Crippen LogP contribution is 2.40. The summed E-state index contributed by atoms with van der Waals surface area (Å²) in [7, 11) is 0. The Balaban J connectivity index is 2.24. The number of anilines is 1. The molecule has 0 fully saturated rings. The molecular formula is C15H16F3N5. The second-order valence-electron chi connectivity index (χ2n) is 5.40. The van der Waals surface area contributed by atoms with Crippen molar-refractivity contribution in [3.8, 4) is 11.3 Å². The van der Waals surface area contributed by atoms with Crippen molar-refractivity contribution in [2.45, 2.75) is 25.4 Å². The average Bonchev–Trinajstić information content (AvgIpc) is 2.68. The van der Waals surface area contributed by atoms with Crippen molar-refractivity contribution in [2.75, 3.05) is 11.9 Å². The third-order valence-corrected chi connectivity index (χ3v) is 3.85. The summed E-state index contributed by atoms with van der Waals surface area (Å²) in [6.45, 7) is 0.673. The topological polar surface area (TPSA) is 79.7 Å². The van der Waals surface area contributed by atoms with Crippen LogP contribution >= 0.6 is 0 Å². The third-order valence-electron chi connectivity index (χ3n) is 3.85. The number of nitrogens with two attached hydrogens (primary N) is 1. The van der Waals surface area contributed by atoms with E-state index in [9.17, 15) is 13.2 Å². The standard InChI is InChI=1S/C15H16F3N5/c16-15(17,18)11-7-2-1-5-9(11)12-10-6-3-4-8-21-13(10)23(22-12)14(19)20/h1-2,5,7,21H,3-4,6,8H2,(H3,19,20). The Bertz CT molecular complexity index is 748. The first-order chi connectivity index (χ1) is 10.9. The van der Waals surface area contributed by atoms with E-state index in [1.165, 1.54) is 16.8 Å². The fraction of sp³-hybridized carbons (Fsp3) is 0.333. The minimum Gasteiger partial charge on any atom is -0.370 e. The van der Waals surface area contributed by atoms with E-state index >= 15 is 0 Å². The van der Waals surface area contributed by atoms with Crippen LogP contribution in [0.2, 0.25) is 0 Å². The second kappa shape index (κ2) is 5.60. The number of aromatic nitrogens is 2. The molecule has 0 radical (unpaired) electrons. The van der Waals surface area contributed by atoms with Gasteiger partial charge in [0, 0.05) is 17.7 Å². The quantitative estimate of drug-likeness (QED) is 0.557. The summed E-state index contributed by atoms with van der Waals surface area (Å²) in [6.07, 6.45) is -2.14. The van der Waals surface area contributed by atoms with Crippen molar-refractivity contribution in [3.05, 3.63) is 35.4 Å². The van der Waals surface area contributed by atoms with Gasteiger partial charge in [-0.05, 0) is 25.3 Å². The number of hydrogen-bond donors (Lipinski definition) is 3. The second-order valence-corrected chi connectivity index (χ2v) is 5.40. The van der Waals surface area contributed by atoms with Crippen molar-refractivity contribution in [1.82, 2.24) is 9.78 Å². The van der Waals surface area contributed by atoms with Crippen molar-refractivity contribution in [1.29, 1.82) is 5.41 Å². The number of nitrogen functional groups attached to an aromatic ring is 1. The van der Waals surface area contributed by atoms with Gasteiger partial charge >= 0.3 is 6.18 Å². The molecule has 5 nitrogen and oxygen atoms in total. The molecule has 8 heteroatoms. The zero-order chi connectivity index (χ0) is 16.6. The van der Waals surface area contributed by atoms with Gasteiger partial charge in [0.15, 0.2) is 0 Å². The first kappa shape index (κ1) is 15.4. The normalized spacial score (nSPS) is 14.7. The van der Waals surface area contributed by atoms with Crippen molar-refractivity contribution in [2.24, 2.45) is 5.73 Å². The van der Waals surface area contributed by atoms with E-state index in [1.54, 1.807) is 6.07 Å². The van der Waals surface area contributed by atoms with Crippen LogP contribution in [0.25, 0.3) is 11.3 Å². The van der Waals surface area contributed by atoms with Crippen LogP contribution in [-0.4, -0.2) is 22.3 Å². The minimum atomic E-state index is -4.47. The Morgan fingerprint density at radius 2 is 2.00 bits per heavy atom. The SMILES string of the molecule is N=C(N)n1nc(-c2ccccc2C(F)(F)F)c2c1NCCCC2. The molecular weight excluding hydrogens is 307 g/mol. The van der Waals surface area contributed by atoms with Gasteiger partial charge in [-0.3, -0.25) is 5.41 Å². The van der Waals surface area contributed by atoms with Crippen molar-refractivity contribution in [3.63, 3.8) is 0 Å². The molecule has 0 aliphatic carbocycles. The number of hydrogen-bond acceptors (Lipinski definition) is 3. The number of halogens is 3. The smallest absolute Gasteiger partial charge is 0.370 e. The highest BCUT2D eigenvalue weighted by Gasteiger charge is 2.35. The van der Waals surface area contributed by atoms with E-state index in [0.717, 1.165) is 18.9 Å². The molecule has 1 aliphatic rings. The number of nitrogens with one attached hydrogen (secondary N) is 2. The lowest BCUT2D eigenvalue weighted by atomic mass is 9.99. The maximum Gasteiger partial charge on any atom is 0.417 e. The van der Waals surface area contributed by atoms with Gasteiger partial charge in [0.2, 0.25) is 5.96 Å². The lowest BCUT2D eigenvalue weighted by Gasteiger charge is -2.12. The van der Waals surface area contributed by atoms with E-state index in [-0.39, 0.29) is 17.2 Å². The molecule has 0 unspecified atom stereocenters. The third kappa shape index (κ3) is 2.76. The molecule has 0 spiro atoms. The summed E-state index contributed by atoms with van der Waals surface area (Å²) in [5.41, 5.74) is 5.71. The Labute approximate surface area is 130 Å². The minimum absolute atomic E-state index is 0.0138. The van der Waals surface area contributed by atoms with Gasteiger partial charge < -0.3 is 11.1 Å². The Kier molecular flexibility index (Phi) is 3.75. The van der Waals surface area contributed by atoms with Gasteiger partial charge in [-0.25, -0.2) is 0 Å². The van der Waals surface area contributed by atoms with Crippen LogP contribution < -0.4 is 11.1 Å². The molecule has 3 rings (SSSR count).